The van der Waals surface area contributed by atoms with Crippen molar-refractivity contribution in [3.8, 4) is 0 Å². The van der Waals surface area contributed by atoms with Crippen LogP contribution in [0.25, 0.3) is 0 Å². The normalized spacial score (nSPS) is 14.8. The van der Waals surface area contributed by atoms with E-state index >= 15 is 0 Å². The number of benzene rings is 1. The lowest BCUT2D eigenvalue weighted by Gasteiger charge is -2.12. The lowest BCUT2D eigenvalue weighted by molar-refractivity contribution is 0.123. The van der Waals surface area contributed by atoms with Gasteiger partial charge in [-0.2, -0.15) is 0 Å². The van der Waals surface area contributed by atoms with Crippen molar-refractivity contribution in [3.05, 3.63) is 29.8 Å². The third-order valence-corrected chi connectivity index (χ3v) is 5.84. The Labute approximate surface area is 174 Å². The standard InChI is InChI=1S/C20H34N4O4S/c1-3-21-20(22-10-5-12-28-16-17-8-9-17)23-15-18-6-4-7-19(14-18)29(25,26)24-11-13-27-2/h4,6-7,14,17,24H,3,5,8-13,15-16H2,1-2H3,(H2,21,22,23). The predicted molar refractivity (Wildman–Crippen MR) is 114 cm³/mol. The first-order valence-electron chi connectivity index (χ1n) is 10.2. The van der Waals surface area contributed by atoms with Crippen molar-refractivity contribution in [1.29, 1.82) is 0 Å². The van der Waals surface area contributed by atoms with Crippen LogP contribution in [0.3, 0.4) is 0 Å². The van der Waals surface area contributed by atoms with Gasteiger partial charge in [0.1, 0.15) is 0 Å². The monoisotopic (exact) mass is 426 g/mol. The van der Waals surface area contributed by atoms with Crippen molar-refractivity contribution in [2.45, 2.75) is 37.6 Å². The molecule has 0 aliphatic heterocycles. The number of nitrogens with zero attached hydrogens (tertiary/aromatic N) is 1. The van der Waals surface area contributed by atoms with Crippen LogP contribution >= 0.6 is 0 Å². The van der Waals surface area contributed by atoms with Gasteiger partial charge in [0.25, 0.3) is 0 Å². The van der Waals surface area contributed by atoms with Gasteiger partial charge in [0.05, 0.1) is 18.0 Å². The largest absolute Gasteiger partial charge is 0.383 e. The van der Waals surface area contributed by atoms with Crippen molar-refractivity contribution < 1.29 is 17.9 Å². The zero-order valence-corrected chi connectivity index (χ0v) is 18.3. The molecule has 9 heteroatoms. The van der Waals surface area contributed by atoms with E-state index in [2.05, 4.69) is 20.3 Å². The molecule has 0 bridgehead atoms. The Balaban J connectivity index is 1.83. The van der Waals surface area contributed by atoms with Gasteiger partial charge in [-0.25, -0.2) is 18.1 Å². The third kappa shape index (κ3) is 9.58. The molecular weight excluding hydrogens is 392 g/mol. The quantitative estimate of drug-likeness (QED) is 0.237. The molecule has 0 amide bonds. The Morgan fingerprint density at radius 2 is 2.03 bits per heavy atom. The summed E-state index contributed by atoms with van der Waals surface area (Å²) in [5.41, 5.74) is 0.824. The molecule has 1 aliphatic rings. The Bertz CT molecular complexity index is 736. The third-order valence-electron chi connectivity index (χ3n) is 4.38. The fourth-order valence-electron chi connectivity index (χ4n) is 2.60. The number of methoxy groups -OCH3 is 1. The van der Waals surface area contributed by atoms with Gasteiger partial charge in [-0.3, -0.25) is 0 Å². The minimum Gasteiger partial charge on any atom is -0.383 e. The SMILES string of the molecule is CCNC(=NCc1cccc(S(=O)(=O)NCCOC)c1)NCCCOCC1CC1. The molecular formula is C20H34N4O4S. The summed E-state index contributed by atoms with van der Waals surface area (Å²) in [4.78, 5) is 4.79. The second-order valence-electron chi connectivity index (χ2n) is 7.03. The van der Waals surface area contributed by atoms with E-state index in [4.69, 9.17) is 9.47 Å². The minimum atomic E-state index is -3.55. The van der Waals surface area contributed by atoms with E-state index < -0.39 is 10.0 Å². The van der Waals surface area contributed by atoms with Gasteiger partial charge in [0.15, 0.2) is 5.96 Å². The average Bonchev–Trinajstić information content (AvgIpc) is 3.53. The number of ether oxygens (including phenoxy) is 2. The van der Waals surface area contributed by atoms with Crippen LogP contribution in [-0.4, -0.2) is 60.9 Å². The summed E-state index contributed by atoms with van der Waals surface area (Å²) in [6.45, 7) is 6.11. The van der Waals surface area contributed by atoms with Gasteiger partial charge >= 0.3 is 0 Å². The van der Waals surface area contributed by atoms with Crippen molar-refractivity contribution in [2.24, 2.45) is 10.9 Å². The van der Waals surface area contributed by atoms with Crippen molar-refractivity contribution in [2.75, 3.05) is 46.6 Å². The van der Waals surface area contributed by atoms with Gasteiger partial charge < -0.3 is 20.1 Å². The molecule has 1 aromatic rings. The summed E-state index contributed by atoms with van der Waals surface area (Å²) in [6.07, 6.45) is 3.53. The summed E-state index contributed by atoms with van der Waals surface area (Å²) in [5, 5.41) is 6.49. The summed E-state index contributed by atoms with van der Waals surface area (Å²) in [7, 11) is -2.02. The van der Waals surface area contributed by atoms with Crippen molar-refractivity contribution >= 4 is 16.0 Å². The number of aliphatic imine (C=N–C) groups is 1. The molecule has 1 aliphatic carbocycles. The van der Waals surface area contributed by atoms with Gasteiger partial charge in [-0.15, -0.1) is 0 Å². The summed E-state index contributed by atoms with van der Waals surface area (Å²) in [6, 6.07) is 6.82. The molecule has 1 saturated carbocycles. The molecule has 0 radical (unpaired) electrons. The number of guanidine groups is 1. The highest BCUT2D eigenvalue weighted by molar-refractivity contribution is 7.89. The van der Waals surface area contributed by atoms with Crippen LogP contribution < -0.4 is 15.4 Å². The molecule has 0 heterocycles. The van der Waals surface area contributed by atoms with Crippen LogP contribution in [0.2, 0.25) is 0 Å². The van der Waals surface area contributed by atoms with Crippen LogP contribution in [0.1, 0.15) is 31.7 Å². The summed E-state index contributed by atoms with van der Waals surface area (Å²) >= 11 is 0. The van der Waals surface area contributed by atoms with E-state index in [0.717, 1.165) is 44.2 Å². The fourth-order valence-corrected chi connectivity index (χ4v) is 3.68. The topological polar surface area (TPSA) is 101 Å². The molecule has 0 aromatic heterocycles. The first-order chi connectivity index (χ1) is 14.0. The second-order valence-corrected chi connectivity index (χ2v) is 8.80. The van der Waals surface area contributed by atoms with Crippen LogP contribution in [0.15, 0.2) is 34.2 Å². The zero-order valence-electron chi connectivity index (χ0n) is 17.4. The number of sulfonamides is 1. The lowest BCUT2D eigenvalue weighted by atomic mass is 10.2. The Kier molecular flexibility index (Phi) is 10.4. The minimum absolute atomic E-state index is 0.229. The smallest absolute Gasteiger partial charge is 0.240 e. The van der Waals surface area contributed by atoms with Crippen LogP contribution in [-0.2, 0) is 26.0 Å². The van der Waals surface area contributed by atoms with E-state index in [1.807, 2.05) is 13.0 Å². The maximum absolute atomic E-state index is 12.3. The van der Waals surface area contributed by atoms with E-state index in [1.54, 1.807) is 18.2 Å². The molecule has 0 atom stereocenters. The van der Waals surface area contributed by atoms with Gasteiger partial charge in [0, 0.05) is 40.0 Å². The maximum atomic E-state index is 12.3. The van der Waals surface area contributed by atoms with E-state index in [1.165, 1.54) is 20.0 Å². The average molecular weight is 427 g/mol. The molecule has 1 aromatic carbocycles. The first kappa shape index (κ1) is 23.6. The van der Waals surface area contributed by atoms with Crippen LogP contribution in [0.5, 0.6) is 0 Å². The molecule has 3 N–H and O–H groups in total. The lowest BCUT2D eigenvalue weighted by Crippen LogP contribution is -2.38. The van der Waals surface area contributed by atoms with Crippen molar-refractivity contribution in [1.82, 2.24) is 15.4 Å². The Morgan fingerprint density at radius 1 is 1.21 bits per heavy atom. The van der Waals surface area contributed by atoms with E-state index in [0.29, 0.717) is 19.1 Å². The molecule has 0 unspecified atom stereocenters. The second kappa shape index (κ2) is 12.8. The van der Waals surface area contributed by atoms with E-state index in [9.17, 15) is 8.42 Å². The van der Waals surface area contributed by atoms with Gasteiger partial charge in [-0.05, 0) is 49.8 Å². The number of nitrogens with one attached hydrogen (secondary N) is 3. The summed E-state index contributed by atoms with van der Waals surface area (Å²) < 4.78 is 37.7. The molecule has 2 rings (SSSR count). The Morgan fingerprint density at radius 3 is 2.76 bits per heavy atom. The maximum Gasteiger partial charge on any atom is 0.240 e. The molecule has 1 fully saturated rings. The van der Waals surface area contributed by atoms with E-state index in [-0.39, 0.29) is 11.4 Å². The Hall–Kier alpha value is -1.68. The molecule has 164 valence electrons. The van der Waals surface area contributed by atoms with Gasteiger partial charge in [-0.1, -0.05) is 12.1 Å². The van der Waals surface area contributed by atoms with Crippen LogP contribution in [0, 0.1) is 5.92 Å². The molecule has 8 nitrogen and oxygen atoms in total. The molecule has 29 heavy (non-hydrogen) atoms. The predicted octanol–water partition coefficient (Wildman–Crippen LogP) is 1.48. The highest BCUT2D eigenvalue weighted by Crippen LogP contribution is 2.28. The molecule has 0 spiro atoms. The number of hydrogen-bond acceptors (Lipinski definition) is 5. The van der Waals surface area contributed by atoms with Crippen LogP contribution in [0.4, 0.5) is 0 Å². The van der Waals surface area contributed by atoms with Gasteiger partial charge in [0.2, 0.25) is 10.0 Å². The zero-order chi connectivity index (χ0) is 21.0. The number of hydrogen-bond donors (Lipinski definition) is 3. The fraction of sp³-hybridized carbons (Fsp3) is 0.650. The first-order valence-corrected chi connectivity index (χ1v) is 11.7. The summed E-state index contributed by atoms with van der Waals surface area (Å²) in [5.74, 6) is 1.50. The van der Waals surface area contributed by atoms with Crippen molar-refractivity contribution in [3.63, 3.8) is 0 Å². The molecule has 0 saturated heterocycles. The number of rotatable bonds is 14. The highest BCUT2D eigenvalue weighted by atomic mass is 32.2. The highest BCUT2D eigenvalue weighted by Gasteiger charge is 2.20.